The van der Waals surface area contributed by atoms with Gasteiger partial charge in [0.15, 0.2) is 4.96 Å². The number of hydrogen-bond acceptors (Lipinski definition) is 5. The largest absolute Gasteiger partial charge is 0.461 e. The highest BCUT2D eigenvalue weighted by Gasteiger charge is 2.16. The summed E-state index contributed by atoms with van der Waals surface area (Å²) in [5, 5.41) is 1.73. The van der Waals surface area contributed by atoms with E-state index in [0.29, 0.717) is 28.5 Å². The van der Waals surface area contributed by atoms with Crippen LogP contribution in [0.15, 0.2) is 29.9 Å². The Morgan fingerprint density at radius 3 is 3.15 bits per heavy atom. The van der Waals surface area contributed by atoms with E-state index in [9.17, 15) is 4.79 Å². The Kier molecular flexibility index (Phi) is 3.27. The van der Waals surface area contributed by atoms with Crippen molar-refractivity contribution in [3.63, 3.8) is 0 Å². The molecule has 98 valence electrons. The van der Waals surface area contributed by atoms with Crippen LogP contribution < -0.4 is 5.59 Å². The first-order valence-corrected chi connectivity index (χ1v) is 6.93. The molecule has 0 aromatic carbocycles. The molecule has 0 fully saturated rings. The van der Waals surface area contributed by atoms with Crippen molar-refractivity contribution in [2.75, 3.05) is 6.61 Å². The Morgan fingerprint density at radius 1 is 1.55 bits per heavy atom. The molecule has 0 aliphatic carbocycles. The van der Waals surface area contributed by atoms with Crippen LogP contribution in [0.4, 0.5) is 0 Å². The van der Waals surface area contributed by atoms with Crippen molar-refractivity contribution in [3.05, 3.63) is 35.6 Å². The molecule has 3 heterocycles. The second kappa shape index (κ2) is 5.09. The lowest BCUT2D eigenvalue weighted by Crippen LogP contribution is -2.10. The van der Waals surface area contributed by atoms with Gasteiger partial charge in [0, 0.05) is 23.3 Å². The third-order valence-corrected chi connectivity index (χ3v) is 3.65. The maximum absolute atomic E-state index is 11.8. The number of ether oxygens (including phenoxy) is 1. The number of carbonyl (C=O) groups excluding carboxylic acids is 1. The first-order chi connectivity index (χ1) is 9.70. The second-order valence-corrected chi connectivity index (χ2v) is 4.89. The van der Waals surface area contributed by atoms with E-state index in [1.165, 1.54) is 11.3 Å². The van der Waals surface area contributed by atoms with E-state index in [4.69, 9.17) is 12.6 Å². The maximum atomic E-state index is 11.8. The number of thiazole rings is 1. The molecule has 0 saturated heterocycles. The van der Waals surface area contributed by atoms with Gasteiger partial charge in [0.05, 0.1) is 12.3 Å². The van der Waals surface area contributed by atoms with Crippen LogP contribution in [0.25, 0.3) is 16.2 Å². The third-order valence-electron chi connectivity index (χ3n) is 2.81. The normalized spacial score (nSPS) is 10.8. The van der Waals surface area contributed by atoms with Crippen molar-refractivity contribution in [2.24, 2.45) is 0 Å². The van der Waals surface area contributed by atoms with Gasteiger partial charge in [0.2, 0.25) is 0 Å². The molecule has 0 saturated carbocycles. The highest BCUT2D eigenvalue weighted by Crippen LogP contribution is 2.22. The predicted molar refractivity (Wildman–Crippen MR) is 77.6 cm³/mol. The van der Waals surface area contributed by atoms with Crippen LogP contribution >= 0.6 is 11.3 Å². The lowest BCUT2D eigenvalue weighted by Gasteiger charge is -2.00. The second-order valence-electron chi connectivity index (χ2n) is 4.06. The topological polar surface area (TPSA) is 56.5 Å². The molecular weight excluding hydrogens is 273 g/mol. The van der Waals surface area contributed by atoms with E-state index in [1.54, 1.807) is 35.2 Å². The van der Waals surface area contributed by atoms with E-state index in [2.05, 4.69) is 9.97 Å². The van der Waals surface area contributed by atoms with Gasteiger partial charge in [-0.05, 0) is 18.6 Å². The van der Waals surface area contributed by atoms with Crippen molar-refractivity contribution in [1.29, 1.82) is 0 Å². The van der Waals surface area contributed by atoms with E-state index < -0.39 is 0 Å². The number of fused-ring (bicyclic) bond motifs is 1. The van der Waals surface area contributed by atoms with E-state index in [-0.39, 0.29) is 5.97 Å². The number of hydrogen-bond donors (Lipinski definition) is 0. The molecule has 0 atom stereocenters. The zero-order chi connectivity index (χ0) is 14.1. The molecule has 3 aromatic rings. The Balaban J connectivity index is 2.08. The van der Waals surface area contributed by atoms with Gasteiger partial charge in [-0.1, -0.05) is 6.07 Å². The standard InChI is InChI=1S/C13H10BN3O2S/c1-2-19-12(18)10-7-20-13-16-9(6-17(10)13)8-4-3-5-15-11(8)14/h3-7H,2H2,1H3. The molecule has 3 aromatic heterocycles. The average molecular weight is 283 g/mol. The Hall–Kier alpha value is -2.15. The molecule has 0 unspecified atom stereocenters. The van der Waals surface area contributed by atoms with E-state index in [0.717, 1.165) is 5.56 Å². The van der Waals surface area contributed by atoms with Crippen molar-refractivity contribution in [3.8, 4) is 11.3 Å². The summed E-state index contributed by atoms with van der Waals surface area (Å²) in [5.41, 5.74) is 2.32. The summed E-state index contributed by atoms with van der Waals surface area (Å²) in [5.74, 6) is -0.359. The number of carbonyl (C=O) groups is 1. The molecule has 2 radical (unpaired) electrons. The molecule has 0 bridgehead atoms. The van der Waals surface area contributed by atoms with Crippen molar-refractivity contribution in [1.82, 2.24) is 14.4 Å². The van der Waals surface area contributed by atoms with Gasteiger partial charge in [0.1, 0.15) is 13.5 Å². The quantitative estimate of drug-likeness (QED) is 0.539. The van der Waals surface area contributed by atoms with E-state index in [1.807, 2.05) is 6.07 Å². The number of pyridine rings is 1. The van der Waals surface area contributed by atoms with Crippen LogP contribution in [0.3, 0.4) is 0 Å². The number of esters is 1. The van der Waals surface area contributed by atoms with Crippen molar-refractivity contribution < 1.29 is 9.53 Å². The van der Waals surface area contributed by atoms with E-state index >= 15 is 0 Å². The number of rotatable bonds is 3. The van der Waals surface area contributed by atoms with Gasteiger partial charge < -0.3 is 4.74 Å². The first-order valence-electron chi connectivity index (χ1n) is 6.05. The van der Waals surface area contributed by atoms with Crippen molar-refractivity contribution in [2.45, 2.75) is 6.92 Å². The van der Waals surface area contributed by atoms with Gasteiger partial charge in [-0.2, -0.15) is 0 Å². The number of nitrogens with zero attached hydrogens (tertiary/aromatic N) is 3. The molecular formula is C13H10BN3O2S. The number of aromatic nitrogens is 3. The molecule has 7 heteroatoms. The lowest BCUT2D eigenvalue weighted by molar-refractivity contribution is 0.0518. The average Bonchev–Trinajstić information content (AvgIpc) is 2.99. The fourth-order valence-corrected chi connectivity index (χ4v) is 2.74. The fraction of sp³-hybridized carbons (Fsp3) is 0.154. The van der Waals surface area contributed by atoms with Crippen LogP contribution in [-0.2, 0) is 4.74 Å². The minimum absolute atomic E-state index is 0.341. The molecule has 0 spiro atoms. The molecule has 0 aliphatic heterocycles. The fourth-order valence-electron chi connectivity index (χ4n) is 1.90. The maximum Gasteiger partial charge on any atom is 0.356 e. The smallest absolute Gasteiger partial charge is 0.356 e. The third kappa shape index (κ3) is 2.10. The summed E-state index contributed by atoms with van der Waals surface area (Å²) >= 11 is 1.38. The predicted octanol–water partition coefficient (Wildman–Crippen LogP) is 1.43. The zero-order valence-electron chi connectivity index (χ0n) is 10.7. The minimum atomic E-state index is -0.359. The molecule has 5 nitrogen and oxygen atoms in total. The molecule has 0 aliphatic rings. The Labute approximate surface area is 120 Å². The molecule has 20 heavy (non-hydrogen) atoms. The summed E-state index contributed by atoms with van der Waals surface area (Å²) in [4.78, 5) is 21.0. The van der Waals surface area contributed by atoms with Gasteiger partial charge in [0.25, 0.3) is 0 Å². The van der Waals surface area contributed by atoms with Crippen LogP contribution in [0.1, 0.15) is 17.4 Å². The van der Waals surface area contributed by atoms with Crippen LogP contribution in [0.5, 0.6) is 0 Å². The highest BCUT2D eigenvalue weighted by molar-refractivity contribution is 7.15. The minimum Gasteiger partial charge on any atom is -0.461 e. The van der Waals surface area contributed by atoms with Crippen LogP contribution in [0.2, 0.25) is 0 Å². The first kappa shape index (κ1) is 12.9. The summed E-state index contributed by atoms with van der Waals surface area (Å²) in [7, 11) is 5.84. The Morgan fingerprint density at radius 2 is 2.40 bits per heavy atom. The summed E-state index contributed by atoms with van der Waals surface area (Å²) in [6.07, 6.45) is 3.40. The van der Waals surface area contributed by atoms with Crippen molar-refractivity contribution >= 4 is 35.7 Å². The van der Waals surface area contributed by atoms with Gasteiger partial charge >= 0.3 is 5.97 Å². The van der Waals surface area contributed by atoms with Crippen LogP contribution in [-0.4, -0.2) is 34.8 Å². The molecule has 0 N–H and O–H groups in total. The van der Waals surface area contributed by atoms with Gasteiger partial charge in [-0.25, -0.2) is 9.78 Å². The van der Waals surface area contributed by atoms with Gasteiger partial charge in [-0.3, -0.25) is 9.38 Å². The number of imidazole rings is 1. The SMILES string of the molecule is [B]c1ncccc1-c1cn2c(C(=O)OCC)csc2n1. The molecule has 3 rings (SSSR count). The van der Waals surface area contributed by atoms with Gasteiger partial charge in [-0.15, -0.1) is 11.3 Å². The highest BCUT2D eigenvalue weighted by atomic mass is 32.1. The zero-order valence-corrected chi connectivity index (χ0v) is 11.6. The Bertz CT molecular complexity index is 781. The summed E-state index contributed by atoms with van der Waals surface area (Å²) in [6.45, 7) is 2.12. The summed E-state index contributed by atoms with van der Waals surface area (Å²) < 4.78 is 6.73. The summed E-state index contributed by atoms with van der Waals surface area (Å²) in [6, 6.07) is 3.64. The lowest BCUT2D eigenvalue weighted by atomic mass is 9.96. The molecule has 0 amide bonds. The van der Waals surface area contributed by atoms with Crippen LogP contribution in [0, 0.1) is 0 Å². The monoisotopic (exact) mass is 283 g/mol.